The van der Waals surface area contributed by atoms with E-state index in [0.717, 1.165) is 22.4 Å². The van der Waals surface area contributed by atoms with E-state index >= 15 is 0 Å². The van der Waals surface area contributed by atoms with Crippen LogP contribution >= 0.6 is 0 Å². The molecule has 0 aliphatic carbocycles. The van der Waals surface area contributed by atoms with E-state index in [0.29, 0.717) is 5.75 Å². The molecule has 2 aromatic rings. The van der Waals surface area contributed by atoms with Crippen LogP contribution in [0.1, 0.15) is 5.56 Å². The Morgan fingerprint density at radius 1 is 0.889 bits per heavy atom. The number of aliphatic hydroxyl groups excluding tert-OH is 1. The largest absolute Gasteiger partial charge is 0.497 e. The Hall–Kier alpha value is -2.00. The van der Waals surface area contributed by atoms with Gasteiger partial charge in [0.15, 0.2) is 0 Å². The van der Waals surface area contributed by atoms with Gasteiger partial charge in [-0.05, 0) is 29.3 Å². The van der Waals surface area contributed by atoms with Gasteiger partial charge in [-0.2, -0.15) is 0 Å². The van der Waals surface area contributed by atoms with Crippen molar-refractivity contribution < 1.29 is 14.6 Å². The smallest absolute Gasteiger partial charge is 0.124 e. The van der Waals surface area contributed by atoms with Crippen molar-refractivity contribution in [1.29, 1.82) is 0 Å². The summed E-state index contributed by atoms with van der Waals surface area (Å²) in [5.41, 5.74) is 2.92. The normalized spacial score (nSPS) is 10.2. The van der Waals surface area contributed by atoms with Crippen molar-refractivity contribution in [3.63, 3.8) is 0 Å². The molecule has 94 valence electrons. The first-order valence-electron chi connectivity index (χ1n) is 5.70. The number of benzene rings is 2. The first kappa shape index (κ1) is 12.5. The zero-order valence-electron chi connectivity index (χ0n) is 10.5. The first-order valence-corrected chi connectivity index (χ1v) is 5.70. The number of ether oxygens (including phenoxy) is 2. The van der Waals surface area contributed by atoms with Crippen molar-refractivity contribution in [2.75, 3.05) is 14.2 Å². The second kappa shape index (κ2) is 5.56. The van der Waals surface area contributed by atoms with Crippen LogP contribution in [0.4, 0.5) is 0 Å². The van der Waals surface area contributed by atoms with Gasteiger partial charge in [-0.15, -0.1) is 0 Å². The predicted octanol–water partition coefficient (Wildman–Crippen LogP) is 2.86. The summed E-state index contributed by atoms with van der Waals surface area (Å²) in [5.74, 6) is 1.53. The fourth-order valence-corrected chi connectivity index (χ4v) is 1.84. The van der Waals surface area contributed by atoms with Gasteiger partial charge < -0.3 is 14.6 Å². The Bertz CT molecular complexity index is 518. The third-order valence-corrected chi connectivity index (χ3v) is 2.88. The maximum Gasteiger partial charge on any atom is 0.124 e. The summed E-state index contributed by atoms with van der Waals surface area (Å²) in [6, 6.07) is 13.6. The van der Waals surface area contributed by atoms with Crippen LogP contribution in [-0.4, -0.2) is 19.3 Å². The molecule has 2 aromatic carbocycles. The molecular formula is C15H16O3. The van der Waals surface area contributed by atoms with Crippen molar-refractivity contribution in [2.45, 2.75) is 6.61 Å². The van der Waals surface area contributed by atoms with Crippen LogP contribution in [0.3, 0.4) is 0 Å². The van der Waals surface area contributed by atoms with Crippen molar-refractivity contribution in [1.82, 2.24) is 0 Å². The van der Waals surface area contributed by atoms with Crippen molar-refractivity contribution in [3.8, 4) is 22.6 Å². The molecule has 0 aliphatic heterocycles. The molecule has 1 N–H and O–H groups in total. The fourth-order valence-electron chi connectivity index (χ4n) is 1.84. The SMILES string of the molecule is COc1ccc(-c2ccc(CO)c(OC)c2)cc1. The minimum Gasteiger partial charge on any atom is -0.497 e. The highest BCUT2D eigenvalue weighted by Crippen LogP contribution is 2.28. The Morgan fingerprint density at radius 3 is 2.11 bits per heavy atom. The number of aliphatic hydroxyl groups is 1. The van der Waals surface area contributed by atoms with Gasteiger partial charge in [-0.3, -0.25) is 0 Å². The van der Waals surface area contributed by atoms with Crippen molar-refractivity contribution in [3.05, 3.63) is 48.0 Å². The van der Waals surface area contributed by atoms with E-state index < -0.39 is 0 Å². The quantitative estimate of drug-likeness (QED) is 0.898. The average Bonchev–Trinajstić information content (AvgIpc) is 2.46. The second-order valence-corrected chi connectivity index (χ2v) is 3.91. The second-order valence-electron chi connectivity index (χ2n) is 3.91. The van der Waals surface area contributed by atoms with Gasteiger partial charge >= 0.3 is 0 Å². The third kappa shape index (κ3) is 2.46. The molecule has 0 heterocycles. The van der Waals surface area contributed by atoms with E-state index in [1.807, 2.05) is 42.5 Å². The maximum atomic E-state index is 9.18. The van der Waals surface area contributed by atoms with Gasteiger partial charge in [0, 0.05) is 5.56 Å². The average molecular weight is 244 g/mol. The topological polar surface area (TPSA) is 38.7 Å². The maximum absolute atomic E-state index is 9.18. The molecule has 0 spiro atoms. The summed E-state index contributed by atoms with van der Waals surface area (Å²) >= 11 is 0. The first-order chi connectivity index (χ1) is 8.78. The van der Waals surface area contributed by atoms with Gasteiger partial charge in [0.25, 0.3) is 0 Å². The zero-order chi connectivity index (χ0) is 13.0. The summed E-state index contributed by atoms with van der Waals surface area (Å²) in [6.45, 7) is -0.0218. The van der Waals surface area contributed by atoms with E-state index in [1.165, 1.54) is 0 Å². The predicted molar refractivity (Wildman–Crippen MR) is 70.9 cm³/mol. The summed E-state index contributed by atoms with van der Waals surface area (Å²) in [7, 11) is 3.25. The summed E-state index contributed by atoms with van der Waals surface area (Å²) < 4.78 is 10.4. The van der Waals surface area contributed by atoms with Crippen LogP contribution in [0.25, 0.3) is 11.1 Å². The Balaban J connectivity index is 2.37. The Morgan fingerprint density at radius 2 is 1.56 bits per heavy atom. The molecule has 0 unspecified atom stereocenters. The van der Waals surface area contributed by atoms with Crippen LogP contribution in [0.5, 0.6) is 11.5 Å². The number of methoxy groups -OCH3 is 2. The highest BCUT2D eigenvalue weighted by Gasteiger charge is 2.05. The van der Waals surface area contributed by atoms with Gasteiger partial charge in [-0.25, -0.2) is 0 Å². The Kier molecular flexibility index (Phi) is 3.85. The van der Waals surface area contributed by atoms with Gasteiger partial charge in [0.2, 0.25) is 0 Å². The number of rotatable bonds is 4. The van der Waals surface area contributed by atoms with Gasteiger partial charge in [0.05, 0.1) is 20.8 Å². The van der Waals surface area contributed by atoms with Crippen LogP contribution < -0.4 is 9.47 Å². The van der Waals surface area contributed by atoms with Crippen molar-refractivity contribution in [2.24, 2.45) is 0 Å². The third-order valence-electron chi connectivity index (χ3n) is 2.88. The minimum atomic E-state index is -0.0218. The molecule has 0 saturated carbocycles. The lowest BCUT2D eigenvalue weighted by Gasteiger charge is -2.09. The van der Waals surface area contributed by atoms with E-state index in [1.54, 1.807) is 14.2 Å². The number of hydrogen-bond donors (Lipinski definition) is 1. The molecule has 0 fully saturated rings. The van der Waals surface area contributed by atoms with Crippen LogP contribution in [-0.2, 0) is 6.61 Å². The summed E-state index contributed by atoms with van der Waals surface area (Å²) in [4.78, 5) is 0. The molecule has 0 aromatic heterocycles. The zero-order valence-corrected chi connectivity index (χ0v) is 10.5. The minimum absolute atomic E-state index is 0.0218. The molecule has 0 atom stereocenters. The van der Waals surface area contributed by atoms with E-state index in [-0.39, 0.29) is 6.61 Å². The highest BCUT2D eigenvalue weighted by molar-refractivity contribution is 5.66. The van der Waals surface area contributed by atoms with Crippen LogP contribution in [0, 0.1) is 0 Å². The molecule has 0 saturated heterocycles. The van der Waals surface area contributed by atoms with E-state index in [4.69, 9.17) is 9.47 Å². The molecule has 18 heavy (non-hydrogen) atoms. The van der Waals surface area contributed by atoms with Gasteiger partial charge in [-0.1, -0.05) is 24.3 Å². The number of hydrogen-bond acceptors (Lipinski definition) is 3. The molecule has 0 aliphatic rings. The Labute approximate surface area is 107 Å². The summed E-state index contributed by atoms with van der Waals surface area (Å²) in [5, 5.41) is 9.18. The molecule has 2 rings (SSSR count). The molecule has 0 amide bonds. The highest BCUT2D eigenvalue weighted by atomic mass is 16.5. The molecular weight excluding hydrogens is 228 g/mol. The summed E-state index contributed by atoms with van der Waals surface area (Å²) in [6.07, 6.45) is 0. The fraction of sp³-hybridized carbons (Fsp3) is 0.200. The van der Waals surface area contributed by atoms with Crippen LogP contribution in [0.15, 0.2) is 42.5 Å². The van der Waals surface area contributed by atoms with E-state index in [9.17, 15) is 5.11 Å². The molecule has 0 radical (unpaired) electrons. The van der Waals surface area contributed by atoms with Crippen LogP contribution in [0.2, 0.25) is 0 Å². The molecule has 3 nitrogen and oxygen atoms in total. The lowest BCUT2D eigenvalue weighted by atomic mass is 10.0. The van der Waals surface area contributed by atoms with Crippen molar-refractivity contribution >= 4 is 0 Å². The standard InChI is InChI=1S/C15H16O3/c1-17-14-7-5-11(6-8-14)12-3-4-13(10-16)15(9-12)18-2/h3-9,16H,10H2,1-2H3. The molecule has 0 bridgehead atoms. The molecule has 3 heteroatoms. The lowest BCUT2D eigenvalue weighted by molar-refractivity contribution is 0.274. The monoisotopic (exact) mass is 244 g/mol. The van der Waals surface area contributed by atoms with E-state index in [2.05, 4.69) is 0 Å². The lowest BCUT2D eigenvalue weighted by Crippen LogP contribution is -1.92. The van der Waals surface area contributed by atoms with Gasteiger partial charge in [0.1, 0.15) is 11.5 Å².